The molecule has 1 amide bonds. The van der Waals surface area contributed by atoms with E-state index in [9.17, 15) is 4.79 Å². The number of carbonyl (C=O) groups is 1. The van der Waals surface area contributed by atoms with Crippen LogP contribution in [-0.4, -0.2) is 41.9 Å². The van der Waals surface area contributed by atoms with Gasteiger partial charge >= 0.3 is 0 Å². The molecule has 0 unspecified atom stereocenters. The van der Waals surface area contributed by atoms with Crippen LogP contribution in [0.25, 0.3) is 0 Å². The van der Waals surface area contributed by atoms with E-state index in [2.05, 4.69) is 41.9 Å². The van der Waals surface area contributed by atoms with Crippen LogP contribution in [0.3, 0.4) is 0 Å². The van der Waals surface area contributed by atoms with E-state index in [0.29, 0.717) is 5.75 Å². The third-order valence-electron chi connectivity index (χ3n) is 3.38. The first-order chi connectivity index (χ1) is 9.95. The summed E-state index contributed by atoms with van der Waals surface area (Å²) in [6, 6.07) is 4.22. The molecule has 0 aromatic heterocycles. The minimum absolute atomic E-state index is 0.156. The summed E-state index contributed by atoms with van der Waals surface area (Å²) in [5, 5.41) is 8.73. The molecule has 0 saturated carbocycles. The number of nitrogens with zero attached hydrogens (tertiary/aromatic N) is 1. The topological polar surface area (TPSA) is 40.5 Å². The van der Waals surface area contributed by atoms with Crippen molar-refractivity contribution in [3.63, 3.8) is 0 Å². The Morgan fingerprint density at radius 1 is 1.24 bits per heavy atom. The maximum Gasteiger partial charge on any atom is 0.232 e. The zero-order valence-corrected chi connectivity index (χ0v) is 15.4. The van der Waals surface area contributed by atoms with Crippen LogP contribution in [0.5, 0.6) is 0 Å². The summed E-state index contributed by atoms with van der Waals surface area (Å²) in [5.74, 6) is 0.627. The quantitative estimate of drug-likeness (QED) is 0.556. The van der Waals surface area contributed by atoms with Crippen molar-refractivity contribution in [2.75, 3.05) is 26.0 Å². The molecule has 1 aromatic rings. The van der Waals surface area contributed by atoms with E-state index in [1.807, 2.05) is 7.05 Å². The van der Waals surface area contributed by atoms with E-state index < -0.39 is 0 Å². The second-order valence-corrected chi connectivity index (χ2v) is 7.13. The van der Waals surface area contributed by atoms with Gasteiger partial charge in [0.2, 0.25) is 5.91 Å². The van der Waals surface area contributed by atoms with Crippen molar-refractivity contribution in [1.29, 1.82) is 0 Å². The number of hydrogen-bond acceptors (Lipinski definition) is 3. The molecule has 1 aromatic carbocycles. The zero-order valence-electron chi connectivity index (χ0n) is 13.0. The standard InChI is InChI=1S/C16H24BrNO2S/c1-12-10-15(13(2)9-14(12)17)21-11-16(20)18(3)7-5-4-6-8-19/h9-10,19H,4-8,11H2,1-3H3. The average molecular weight is 374 g/mol. The molecule has 21 heavy (non-hydrogen) atoms. The van der Waals surface area contributed by atoms with Gasteiger partial charge in [-0.25, -0.2) is 0 Å². The van der Waals surface area contributed by atoms with Gasteiger partial charge in [0, 0.05) is 29.6 Å². The highest BCUT2D eigenvalue weighted by atomic mass is 79.9. The number of benzene rings is 1. The number of unbranched alkanes of at least 4 members (excludes halogenated alkanes) is 2. The molecule has 0 saturated heterocycles. The summed E-state index contributed by atoms with van der Waals surface area (Å²) in [6.07, 6.45) is 2.73. The lowest BCUT2D eigenvalue weighted by Gasteiger charge is -2.17. The Bertz CT molecular complexity index is 480. The third kappa shape index (κ3) is 6.41. The smallest absolute Gasteiger partial charge is 0.232 e. The minimum atomic E-state index is 0.156. The zero-order chi connectivity index (χ0) is 15.8. The van der Waals surface area contributed by atoms with Crippen molar-refractivity contribution in [2.45, 2.75) is 38.0 Å². The Labute approximate surface area is 140 Å². The number of thioether (sulfide) groups is 1. The summed E-state index contributed by atoms with van der Waals surface area (Å²) >= 11 is 5.12. The molecule has 0 heterocycles. The first-order valence-electron chi connectivity index (χ1n) is 7.20. The highest BCUT2D eigenvalue weighted by Gasteiger charge is 2.10. The number of aliphatic hydroxyl groups is 1. The number of rotatable bonds is 8. The fourth-order valence-corrected chi connectivity index (χ4v) is 3.43. The number of amides is 1. The molecule has 5 heteroatoms. The molecule has 1 rings (SSSR count). The van der Waals surface area contributed by atoms with Crippen LogP contribution < -0.4 is 0 Å². The maximum absolute atomic E-state index is 12.1. The van der Waals surface area contributed by atoms with Crippen LogP contribution >= 0.6 is 27.7 Å². The molecule has 0 aliphatic rings. The Balaban J connectivity index is 2.43. The number of halogens is 1. The van der Waals surface area contributed by atoms with Gasteiger partial charge in [0.1, 0.15) is 0 Å². The van der Waals surface area contributed by atoms with E-state index in [0.717, 1.165) is 35.2 Å². The Morgan fingerprint density at radius 2 is 1.95 bits per heavy atom. The van der Waals surface area contributed by atoms with Crippen LogP contribution in [0, 0.1) is 13.8 Å². The van der Waals surface area contributed by atoms with E-state index in [1.54, 1.807) is 16.7 Å². The molecular weight excluding hydrogens is 350 g/mol. The number of aliphatic hydroxyl groups excluding tert-OH is 1. The van der Waals surface area contributed by atoms with Gasteiger partial charge in [-0.3, -0.25) is 4.79 Å². The summed E-state index contributed by atoms with van der Waals surface area (Å²) in [7, 11) is 1.85. The molecule has 0 fully saturated rings. The van der Waals surface area contributed by atoms with Crippen molar-refractivity contribution in [3.8, 4) is 0 Å². The van der Waals surface area contributed by atoms with Crippen molar-refractivity contribution < 1.29 is 9.90 Å². The fourth-order valence-electron chi connectivity index (χ4n) is 1.92. The van der Waals surface area contributed by atoms with Crippen molar-refractivity contribution in [2.24, 2.45) is 0 Å². The van der Waals surface area contributed by atoms with Gasteiger partial charge in [0.15, 0.2) is 0 Å². The van der Waals surface area contributed by atoms with Crippen molar-refractivity contribution in [1.82, 2.24) is 4.90 Å². The van der Waals surface area contributed by atoms with Gasteiger partial charge < -0.3 is 10.0 Å². The molecule has 118 valence electrons. The fraction of sp³-hybridized carbons (Fsp3) is 0.562. The van der Waals surface area contributed by atoms with Crippen LogP contribution in [0.1, 0.15) is 30.4 Å². The van der Waals surface area contributed by atoms with E-state index in [-0.39, 0.29) is 12.5 Å². The Kier molecular flexibility index (Phi) is 8.37. The largest absolute Gasteiger partial charge is 0.396 e. The van der Waals surface area contributed by atoms with Crippen LogP contribution in [0.4, 0.5) is 0 Å². The van der Waals surface area contributed by atoms with Crippen LogP contribution in [0.2, 0.25) is 0 Å². The van der Waals surface area contributed by atoms with Gasteiger partial charge in [0.05, 0.1) is 5.75 Å². The third-order valence-corrected chi connectivity index (χ3v) is 5.38. The molecule has 3 nitrogen and oxygen atoms in total. The lowest BCUT2D eigenvalue weighted by molar-refractivity contribution is -0.127. The molecule has 0 aliphatic carbocycles. The predicted octanol–water partition coefficient (Wildman–Crippen LogP) is 3.78. The maximum atomic E-state index is 12.1. The minimum Gasteiger partial charge on any atom is -0.396 e. The second kappa shape index (κ2) is 9.49. The highest BCUT2D eigenvalue weighted by molar-refractivity contribution is 9.10. The Morgan fingerprint density at radius 3 is 2.62 bits per heavy atom. The first-order valence-corrected chi connectivity index (χ1v) is 8.98. The summed E-state index contributed by atoms with van der Waals surface area (Å²) in [6.45, 7) is 5.12. The molecule has 0 bridgehead atoms. The van der Waals surface area contributed by atoms with Crippen molar-refractivity contribution >= 4 is 33.6 Å². The van der Waals surface area contributed by atoms with Gasteiger partial charge in [-0.1, -0.05) is 15.9 Å². The molecule has 0 aliphatic heterocycles. The molecule has 0 radical (unpaired) electrons. The number of aryl methyl sites for hydroxylation is 2. The molecular formula is C16H24BrNO2S. The lowest BCUT2D eigenvalue weighted by atomic mass is 10.2. The van der Waals surface area contributed by atoms with E-state index in [4.69, 9.17) is 5.11 Å². The monoisotopic (exact) mass is 373 g/mol. The second-order valence-electron chi connectivity index (χ2n) is 5.26. The molecule has 1 N–H and O–H groups in total. The van der Waals surface area contributed by atoms with Crippen LogP contribution in [0.15, 0.2) is 21.5 Å². The van der Waals surface area contributed by atoms with Crippen molar-refractivity contribution in [3.05, 3.63) is 27.7 Å². The summed E-state index contributed by atoms with van der Waals surface area (Å²) in [5.41, 5.74) is 2.38. The van der Waals surface area contributed by atoms with E-state index in [1.165, 1.54) is 11.1 Å². The molecule has 0 spiro atoms. The first kappa shape index (κ1) is 18.5. The number of hydrogen-bond donors (Lipinski definition) is 1. The summed E-state index contributed by atoms with van der Waals surface area (Å²) < 4.78 is 1.11. The molecule has 0 atom stereocenters. The Hall–Kier alpha value is -0.520. The van der Waals surface area contributed by atoms with Gasteiger partial charge in [-0.15, -0.1) is 11.8 Å². The van der Waals surface area contributed by atoms with Gasteiger partial charge in [-0.2, -0.15) is 0 Å². The average Bonchev–Trinajstić information content (AvgIpc) is 2.45. The normalized spacial score (nSPS) is 10.7. The number of carbonyl (C=O) groups excluding carboxylic acids is 1. The predicted molar refractivity (Wildman–Crippen MR) is 92.9 cm³/mol. The van der Waals surface area contributed by atoms with E-state index >= 15 is 0 Å². The van der Waals surface area contributed by atoms with Crippen LogP contribution in [-0.2, 0) is 4.79 Å². The summed E-state index contributed by atoms with van der Waals surface area (Å²) in [4.78, 5) is 15.0. The van der Waals surface area contributed by atoms with Gasteiger partial charge in [-0.05, 0) is 56.4 Å². The van der Waals surface area contributed by atoms with Gasteiger partial charge in [0.25, 0.3) is 0 Å². The lowest BCUT2D eigenvalue weighted by Crippen LogP contribution is -2.29. The highest BCUT2D eigenvalue weighted by Crippen LogP contribution is 2.28. The SMILES string of the molecule is Cc1cc(SCC(=O)N(C)CCCCCO)c(C)cc1Br.